The lowest BCUT2D eigenvalue weighted by molar-refractivity contribution is -0.126. The van der Waals surface area contributed by atoms with Crippen molar-refractivity contribution < 1.29 is 14.0 Å². The Balaban J connectivity index is 1.92. The summed E-state index contributed by atoms with van der Waals surface area (Å²) in [6, 6.07) is 5.37. The molecule has 108 valence electrons. The van der Waals surface area contributed by atoms with E-state index in [2.05, 4.69) is 5.32 Å². The van der Waals surface area contributed by atoms with Crippen molar-refractivity contribution in [1.29, 1.82) is 0 Å². The normalized spacial score (nSPS) is 17.3. The van der Waals surface area contributed by atoms with Crippen molar-refractivity contribution in [3.05, 3.63) is 35.6 Å². The van der Waals surface area contributed by atoms with Crippen LogP contribution in [0.25, 0.3) is 0 Å². The van der Waals surface area contributed by atoms with Crippen LogP contribution in [0.3, 0.4) is 0 Å². The molecule has 0 radical (unpaired) electrons. The lowest BCUT2D eigenvalue weighted by atomic mass is 9.96. The SMILES string of the molecule is NC(=O)C[C@H](N)C(=O)NCC1(c2ccc(F)cc2)CC1. The summed E-state index contributed by atoms with van der Waals surface area (Å²) in [6.07, 6.45) is 1.70. The van der Waals surface area contributed by atoms with Crippen LogP contribution in [0, 0.1) is 5.82 Å². The van der Waals surface area contributed by atoms with E-state index in [0.29, 0.717) is 6.54 Å². The first-order valence-corrected chi connectivity index (χ1v) is 6.51. The van der Waals surface area contributed by atoms with Gasteiger partial charge in [0.05, 0.1) is 12.5 Å². The van der Waals surface area contributed by atoms with Gasteiger partial charge in [-0.05, 0) is 30.5 Å². The second-order valence-electron chi connectivity index (χ2n) is 5.28. The smallest absolute Gasteiger partial charge is 0.237 e. The maximum Gasteiger partial charge on any atom is 0.237 e. The van der Waals surface area contributed by atoms with E-state index in [1.165, 1.54) is 12.1 Å². The van der Waals surface area contributed by atoms with Crippen molar-refractivity contribution in [3.63, 3.8) is 0 Å². The summed E-state index contributed by atoms with van der Waals surface area (Å²) < 4.78 is 12.9. The fourth-order valence-electron chi connectivity index (χ4n) is 2.22. The highest BCUT2D eigenvalue weighted by molar-refractivity contribution is 5.87. The number of halogens is 1. The van der Waals surface area contributed by atoms with Gasteiger partial charge < -0.3 is 16.8 Å². The lowest BCUT2D eigenvalue weighted by Crippen LogP contribution is -2.45. The Labute approximate surface area is 116 Å². The highest BCUT2D eigenvalue weighted by atomic mass is 19.1. The summed E-state index contributed by atoms with van der Waals surface area (Å²) in [5, 5.41) is 2.74. The van der Waals surface area contributed by atoms with E-state index in [9.17, 15) is 14.0 Å². The molecule has 0 saturated heterocycles. The summed E-state index contributed by atoms with van der Waals surface area (Å²) in [5.41, 5.74) is 11.4. The zero-order valence-electron chi connectivity index (χ0n) is 11.1. The third-order valence-corrected chi connectivity index (χ3v) is 3.67. The van der Waals surface area contributed by atoms with Gasteiger partial charge in [-0.3, -0.25) is 9.59 Å². The summed E-state index contributed by atoms with van der Waals surface area (Å²) >= 11 is 0. The third-order valence-electron chi connectivity index (χ3n) is 3.67. The van der Waals surface area contributed by atoms with Crippen LogP contribution < -0.4 is 16.8 Å². The first-order valence-electron chi connectivity index (χ1n) is 6.51. The maximum absolute atomic E-state index is 12.9. The topological polar surface area (TPSA) is 98.2 Å². The number of hydrogen-bond acceptors (Lipinski definition) is 3. The number of nitrogens with one attached hydrogen (secondary N) is 1. The highest BCUT2D eigenvalue weighted by Crippen LogP contribution is 2.47. The van der Waals surface area contributed by atoms with Crippen LogP contribution in [0.4, 0.5) is 4.39 Å². The molecule has 2 amide bonds. The maximum atomic E-state index is 12.9. The predicted molar refractivity (Wildman–Crippen MR) is 72.1 cm³/mol. The summed E-state index contributed by atoms with van der Waals surface area (Å²) in [5.74, 6) is -1.28. The van der Waals surface area contributed by atoms with Gasteiger partial charge in [-0.1, -0.05) is 12.1 Å². The standard InChI is InChI=1S/C14H18FN3O2/c15-10-3-1-9(2-4-10)14(5-6-14)8-18-13(20)11(16)7-12(17)19/h1-4,11H,5-8,16H2,(H2,17,19)(H,18,20)/t11-/m0/s1. The Morgan fingerprint density at radius 2 is 1.90 bits per heavy atom. The highest BCUT2D eigenvalue weighted by Gasteiger charge is 2.44. The Morgan fingerprint density at radius 1 is 1.30 bits per heavy atom. The van der Waals surface area contributed by atoms with E-state index in [1.807, 2.05) is 0 Å². The number of hydrogen-bond donors (Lipinski definition) is 3. The van der Waals surface area contributed by atoms with Crippen molar-refractivity contribution in [2.75, 3.05) is 6.54 Å². The van der Waals surface area contributed by atoms with Gasteiger partial charge >= 0.3 is 0 Å². The molecule has 1 aromatic rings. The van der Waals surface area contributed by atoms with Gasteiger partial charge in [-0.25, -0.2) is 4.39 Å². The van der Waals surface area contributed by atoms with Gasteiger partial charge in [0.15, 0.2) is 0 Å². The molecule has 1 aliphatic carbocycles. The minimum absolute atomic E-state index is 0.129. The second kappa shape index (κ2) is 5.58. The van der Waals surface area contributed by atoms with Crippen molar-refractivity contribution in [1.82, 2.24) is 5.32 Å². The monoisotopic (exact) mass is 279 g/mol. The van der Waals surface area contributed by atoms with Crippen LogP contribution >= 0.6 is 0 Å². The second-order valence-corrected chi connectivity index (χ2v) is 5.28. The van der Waals surface area contributed by atoms with Crippen molar-refractivity contribution in [2.24, 2.45) is 11.5 Å². The van der Waals surface area contributed by atoms with Gasteiger partial charge in [-0.15, -0.1) is 0 Å². The van der Waals surface area contributed by atoms with Crippen LogP contribution in [0.5, 0.6) is 0 Å². The van der Waals surface area contributed by atoms with Gasteiger partial charge in [-0.2, -0.15) is 0 Å². The number of carbonyl (C=O) groups is 2. The average Bonchev–Trinajstić information content (AvgIpc) is 3.17. The Kier molecular flexibility index (Phi) is 4.04. The van der Waals surface area contributed by atoms with Crippen molar-refractivity contribution >= 4 is 11.8 Å². The molecule has 5 N–H and O–H groups in total. The molecule has 1 saturated carbocycles. The van der Waals surface area contributed by atoms with Crippen LogP contribution in [0.2, 0.25) is 0 Å². The Morgan fingerprint density at radius 3 is 2.40 bits per heavy atom. The molecule has 0 spiro atoms. The Hall–Kier alpha value is -1.95. The molecule has 6 heteroatoms. The van der Waals surface area contributed by atoms with Crippen molar-refractivity contribution in [2.45, 2.75) is 30.7 Å². The molecule has 1 aliphatic rings. The van der Waals surface area contributed by atoms with E-state index < -0.39 is 17.9 Å². The number of rotatable bonds is 6. The first kappa shape index (κ1) is 14.5. The predicted octanol–water partition coefficient (Wildman–Crippen LogP) is 0.176. The molecule has 0 bridgehead atoms. The first-order chi connectivity index (χ1) is 9.43. The van der Waals surface area contributed by atoms with Gasteiger partial charge in [0, 0.05) is 12.0 Å². The average molecular weight is 279 g/mol. The summed E-state index contributed by atoms with van der Waals surface area (Å²) in [6.45, 7) is 0.434. The zero-order chi connectivity index (χ0) is 14.8. The summed E-state index contributed by atoms with van der Waals surface area (Å²) in [4.78, 5) is 22.4. The molecular formula is C14H18FN3O2. The number of benzene rings is 1. The van der Waals surface area contributed by atoms with Gasteiger partial charge in [0.2, 0.25) is 11.8 Å². The number of nitrogens with two attached hydrogens (primary N) is 2. The quantitative estimate of drug-likeness (QED) is 0.692. The van der Waals surface area contributed by atoms with E-state index in [0.717, 1.165) is 18.4 Å². The van der Waals surface area contributed by atoms with E-state index in [1.54, 1.807) is 12.1 Å². The minimum Gasteiger partial charge on any atom is -0.370 e. The molecular weight excluding hydrogens is 261 g/mol. The Bertz CT molecular complexity index is 512. The minimum atomic E-state index is -0.920. The third kappa shape index (κ3) is 3.33. The van der Waals surface area contributed by atoms with E-state index in [4.69, 9.17) is 11.5 Å². The largest absolute Gasteiger partial charge is 0.370 e. The lowest BCUT2D eigenvalue weighted by Gasteiger charge is -2.18. The van der Waals surface area contributed by atoms with E-state index >= 15 is 0 Å². The van der Waals surface area contributed by atoms with Gasteiger partial charge in [0.25, 0.3) is 0 Å². The molecule has 5 nitrogen and oxygen atoms in total. The molecule has 0 unspecified atom stereocenters. The molecule has 0 aromatic heterocycles. The number of carbonyl (C=O) groups excluding carboxylic acids is 2. The molecule has 1 atom stereocenters. The number of amides is 2. The summed E-state index contributed by atoms with van der Waals surface area (Å²) in [7, 11) is 0. The van der Waals surface area contributed by atoms with Crippen LogP contribution in [0.15, 0.2) is 24.3 Å². The molecule has 2 rings (SSSR count). The molecule has 1 fully saturated rings. The molecule has 0 heterocycles. The van der Waals surface area contributed by atoms with Crippen LogP contribution in [-0.4, -0.2) is 24.4 Å². The van der Waals surface area contributed by atoms with E-state index in [-0.39, 0.29) is 17.7 Å². The number of primary amides is 1. The zero-order valence-corrected chi connectivity index (χ0v) is 11.1. The molecule has 20 heavy (non-hydrogen) atoms. The molecule has 0 aliphatic heterocycles. The fourth-order valence-corrected chi connectivity index (χ4v) is 2.22. The van der Waals surface area contributed by atoms with Crippen LogP contribution in [-0.2, 0) is 15.0 Å². The fraction of sp³-hybridized carbons (Fsp3) is 0.429. The van der Waals surface area contributed by atoms with Crippen LogP contribution in [0.1, 0.15) is 24.8 Å². The van der Waals surface area contributed by atoms with Gasteiger partial charge in [0.1, 0.15) is 5.82 Å². The van der Waals surface area contributed by atoms with Crippen molar-refractivity contribution in [3.8, 4) is 0 Å². The molecule has 1 aromatic carbocycles.